The van der Waals surface area contributed by atoms with E-state index in [0.29, 0.717) is 0 Å². The van der Waals surface area contributed by atoms with Gasteiger partial charge in [0.25, 0.3) is 5.91 Å². The van der Waals surface area contributed by atoms with Crippen molar-refractivity contribution in [3.8, 4) is 0 Å². The first-order valence-corrected chi connectivity index (χ1v) is 11.4. The fourth-order valence-corrected chi connectivity index (χ4v) is 3.95. The molecule has 0 atom stereocenters. The first-order valence-electron chi connectivity index (χ1n) is 11.4. The van der Waals surface area contributed by atoms with Gasteiger partial charge in [-0.2, -0.15) is 0 Å². The number of nitrogens with zero attached hydrogens (tertiary/aromatic N) is 2. The second kappa shape index (κ2) is 10.2. The standard InChI is InChI=1S/C25H25F5N4O5/c1-11-15(27)17(29)18(30)19(16(11)28)34-20(35)25(4,5)33(23(34)38)10-12-7-8-13(26)9-14(12)31-22(37)32-24(2,3)21(36)39-6/h7-9H,10H2,1-6H3,(H2,31,32,37). The molecule has 0 bridgehead atoms. The van der Waals surface area contributed by atoms with Gasteiger partial charge in [0.15, 0.2) is 23.3 Å². The number of amides is 5. The minimum absolute atomic E-state index is 0.0718. The van der Waals surface area contributed by atoms with Crippen molar-refractivity contribution in [3.05, 3.63) is 58.4 Å². The molecule has 0 aliphatic carbocycles. The number of anilines is 2. The molecule has 9 nitrogen and oxygen atoms in total. The molecule has 0 saturated carbocycles. The number of urea groups is 2. The lowest BCUT2D eigenvalue weighted by Gasteiger charge is -2.29. The SMILES string of the molecule is COC(=O)C(C)(C)NC(=O)Nc1cc(F)ccc1CN1C(=O)N(c2c(F)c(C)c(F)c(F)c2F)C(=O)C1(C)C. The third kappa shape index (κ3) is 5.10. The molecule has 0 radical (unpaired) electrons. The number of carbonyl (C=O) groups is 4. The van der Waals surface area contributed by atoms with Crippen molar-refractivity contribution >= 4 is 35.3 Å². The van der Waals surface area contributed by atoms with Crippen LogP contribution in [0.25, 0.3) is 0 Å². The Morgan fingerprint density at radius 2 is 1.62 bits per heavy atom. The Labute approximate surface area is 219 Å². The molecule has 2 aromatic carbocycles. The monoisotopic (exact) mass is 556 g/mol. The third-order valence-corrected chi connectivity index (χ3v) is 6.28. The molecule has 5 amide bonds. The summed E-state index contributed by atoms with van der Waals surface area (Å²) in [7, 11) is 1.12. The average Bonchev–Trinajstić information content (AvgIpc) is 3.01. The largest absolute Gasteiger partial charge is 0.467 e. The zero-order valence-corrected chi connectivity index (χ0v) is 21.8. The molecule has 3 rings (SSSR count). The van der Waals surface area contributed by atoms with Gasteiger partial charge < -0.3 is 20.3 Å². The Bertz CT molecular complexity index is 1370. The summed E-state index contributed by atoms with van der Waals surface area (Å²) in [4.78, 5) is 51.8. The number of benzene rings is 2. The van der Waals surface area contributed by atoms with Crippen LogP contribution in [0.5, 0.6) is 0 Å². The lowest BCUT2D eigenvalue weighted by atomic mass is 10.0. The van der Waals surface area contributed by atoms with Gasteiger partial charge in [-0.15, -0.1) is 0 Å². The number of rotatable bonds is 6. The van der Waals surface area contributed by atoms with Gasteiger partial charge in [-0.05, 0) is 52.3 Å². The zero-order valence-electron chi connectivity index (χ0n) is 21.8. The summed E-state index contributed by atoms with van der Waals surface area (Å²) in [5.74, 6) is -10.3. The summed E-state index contributed by atoms with van der Waals surface area (Å²) in [6.07, 6.45) is 0. The van der Waals surface area contributed by atoms with Crippen molar-refractivity contribution in [2.24, 2.45) is 0 Å². The van der Waals surface area contributed by atoms with Crippen molar-refractivity contribution in [1.29, 1.82) is 0 Å². The fraction of sp³-hybridized carbons (Fsp3) is 0.360. The number of imide groups is 1. The molecule has 1 aliphatic rings. The van der Waals surface area contributed by atoms with Crippen LogP contribution in [0.4, 0.5) is 42.9 Å². The van der Waals surface area contributed by atoms with Crippen LogP contribution in [0.15, 0.2) is 18.2 Å². The van der Waals surface area contributed by atoms with Gasteiger partial charge >= 0.3 is 18.0 Å². The van der Waals surface area contributed by atoms with Crippen molar-refractivity contribution in [3.63, 3.8) is 0 Å². The highest BCUT2D eigenvalue weighted by atomic mass is 19.2. The van der Waals surface area contributed by atoms with Crippen LogP contribution >= 0.6 is 0 Å². The summed E-state index contributed by atoms with van der Waals surface area (Å²) in [6.45, 7) is 5.53. The summed E-state index contributed by atoms with van der Waals surface area (Å²) in [5, 5.41) is 4.70. The number of methoxy groups -OCH3 is 1. The van der Waals surface area contributed by atoms with Gasteiger partial charge in [0.1, 0.15) is 22.6 Å². The quantitative estimate of drug-likeness (QED) is 0.179. The lowest BCUT2D eigenvalue weighted by Crippen LogP contribution is -2.51. The predicted molar refractivity (Wildman–Crippen MR) is 128 cm³/mol. The summed E-state index contributed by atoms with van der Waals surface area (Å²) < 4.78 is 76.1. The molecule has 1 heterocycles. The highest BCUT2D eigenvalue weighted by Crippen LogP contribution is 2.39. The molecule has 1 saturated heterocycles. The van der Waals surface area contributed by atoms with Crippen LogP contribution < -0.4 is 15.5 Å². The van der Waals surface area contributed by atoms with Gasteiger partial charge in [-0.25, -0.2) is 41.2 Å². The van der Waals surface area contributed by atoms with Crippen LogP contribution in [0.1, 0.15) is 38.8 Å². The highest BCUT2D eigenvalue weighted by molar-refractivity contribution is 6.23. The van der Waals surface area contributed by atoms with E-state index in [1.165, 1.54) is 33.8 Å². The molecule has 39 heavy (non-hydrogen) atoms. The number of carbonyl (C=O) groups excluding carboxylic acids is 4. The maximum absolute atomic E-state index is 14.8. The molecule has 2 N–H and O–H groups in total. The summed E-state index contributed by atoms with van der Waals surface area (Å²) >= 11 is 0. The van der Waals surface area contributed by atoms with E-state index in [-0.39, 0.29) is 16.2 Å². The molecule has 0 aromatic heterocycles. The minimum Gasteiger partial charge on any atom is -0.467 e. The van der Waals surface area contributed by atoms with Gasteiger partial charge in [0.05, 0.1) is 19.3 Å². The second-order valence-corrected chi connectivity index (χ2v) is 9.80. The van der Waals surface area contributed by atoms with Gasteiger partial charge in [0.2, 0.25) is 0 Å². The average molecular weight is 556 g/mol. The van der Waals surface area contributed by atoms with Crippen LogP contribution in [0.2, 0.25) is 0 Å². The predicted octanol–water partition coefficient (Wildman–Crippen LogP) is 4.51. The Balaban J connectivity index is 1.99. The molecule has 1 aliphatic heterocycles. The number of hydrogen-bond donors (Lipinski definition) is 2. The molecule has 2 aromatic rings. The van der Waals surface area contributed by atoms with E-state index >= 15 is 0 Å². The maximum Gasteiger partial charge on any atom is 0.332 e. The molecule has 0 spiro atoms. The van der Waals surface area contributed by atoms with Crippen molar-refractivity contribution in [2.75, 3.05) is 17.3 Å². The van der Waals surface area contributed by atoms with Crippen LogP contribution in [0, 0.1) is 36.0 Å². The molecular weight excluding hydrogens is 531 g/mol. The highest BCUT2D eigenvalue weighted by Gasteiger charge is 2.54. The zero-order chi connectivity index (χ0) is 29.6. The van der Waals surface area contributed by atoms with Crippen LogP contribution in [-0.4, -0.2) is 47.0 Å². The van der Waals surface area contributed by atoms with E-state index in [9.17, 15) is 41.1 Å². The smallest absolute Gasteiger partial charge is 0.332 e. The number of hydrogen-bond acceptors (Lipinski definition) is 5. The number of halogens is 5. The summed E-state index contributed by atoms with van der Waals surface area (Å²) in [6, 6.07) is 0.881. The Morgan fingerprint density at radius 1 is 1.00 bits per heavy atom. The van der Waals surface area contributed by atoms with E-state index in [1.807, 2.05) is 0 Å². The topological polar surface area (TPSA) is 108 Å². The van der Waals surface area contributed by atoms with Crippen LogP contribution in [0.3, 0.4) is 0 Å². The minimum atomic E-state index is -2.07. The molecular formula is C25H25F5N4O5. The Morgan fingerprint density at radius 3 is 2.21 bits per heavy atom. The first kappa shape index (κ1) is 29.3. The first-order chi connectivity index (χ1) is 17.9. The van der Waals surface area contributed by atoms with E-state index in [4.69, 9.17) is 0 Å². The lowest BCUT2D eigenvalue weighted by molar-refractivity contribution is -0.146. The number of nitrogens with one attached hydrogen (secondary N) is 2. The molecule has 1 fully saturated rings. The Kier molecular flexibility index (Phi) is 7.63. The number of esters is 1. The van der Waals surface area contributed by atoms with Gasteiger partial charge in [0, 0.05) is 5.56 Å². The summed E-state index contributed by atoms with van der Waals surface area (Å²) in [5.41, 5.74) is -5.63. The number of ether oxygens (including phenoxy) is 1. The van der Waals surface area contributed by atoms with E-state index in [2.05, 4.69) is 15.4 Å². The van der Waals surface area contributed by atoms with Gasteiger partial charge in [-0.1, -0.05) is 6.07 Å². The van der Waals surface area contributed by atoms with Crippen LogP contribution in [-0.2, 0) is 20.9 Å². The van der Waals surface area contributed by atoms with Crippen molar-refractivity contribution in [1.82, 2.24) is 10.2 Å². The molecule has 14 heteroatoms. The van der Waals surface area contributed by atoms with E-state index < -0.39 is 81.9 Å². The van der Waals surface area contributed by atoms with Crippen molar-refractivity contribution in [2.45, 2.75) is 52.2 Å². The van der Waals surface area contributed by atoms with Crippen molar-refractivity contribution < 1.29 is 45.9 Å². The molecule has 0 unspecified atom stereocenters. The normalized spacial score (nSPS) is 15.1. The molecule has 210 valence electrons. The second-order valence-electron chi connectivity index (χ2n) is 9.80. The van der Waals surface area contributed by atoms with Gasteiger partial charge in [-0.3, -0.25) is 4.79 Å². The fourth-order valence-electron chi connectivity index (χ4n) is 3.95. The van der Waals surface area contributed by atoms with E-state index in [0.717, 1.165) is 31.1 Å². The third-order valence-electron chi connectivity index (χ3n) is 6.28. The Hall–Kier alpha value is -4.23. The van der Waals surface area contributed by atoms with E-state index in [1.54, 1.807) is 0 Å². The maximum atomic E-state index is 14.8.